The number of benzene rings is 3. The van der Waals surface area contributed by atoms with E-state index in [1.165, 1.54) is 0 Å². The van der Waals surface area contributed by atoms with Gasteiger partial charge >= 0.3 is 0 Å². The van der Waals surface area contributed by atoms with Crippen LogP contribution in [0.5, 0.6) is 11.5 Å². The molecule has 0 aliphatic rings. The second kappa shape index (κ2) is 7.26. The van der Waals surface area contributed by atoms with E-state index in [-0.39, 0.29) is 11.5 Å². The van der Waals surface area contributed by atoms with E-state index in [9.17, 15) is 10.2 Å². The summed E-state index contributed by atoms with van der Waals surface area (Å²) in [4.78, 5) is 8.96. The fraction of sp³-hybridized carbons (Fsp3) is 0.130. The van der Waals surface area contributed by atoms with Crippen molar-refractivity contribution in [2.75, 3.05) is 0 Å². The predicted octanol–water partition coefficient (Wildman–Crippen LogP) is 6.24. The Bertz CT molecular complexity index is 1280. The number of nitrogens with zero attached hydrogens (tertiary/aromatic N) is 2. The van der Waals surface area contributed by atoms with E-state index in [4.69, 9.17) is 16.0 Å². The zero-order valence-corrected chi connectivity index (χ0v) is 16.9. The van der Waals surface area contributed by atoms with Gasteiger partial charge in [-0.2, -0.15) is 0 Å². The molecule has 6 heteroatoms. The van der Waals surface area contributed by atoms with Gasteiger partial charge in [0.2, 0.25) is 5.89 Å². The van der Waals surface area contributed by atoms with Crippen LogP contribution in [0, 0.1) is 20.8 Å². The Labute approximate surface area is 172 Å². The predicted molar refractivity (Wildman–Crippen MR) is 116 cm³/mol. The van der Waals surface area contributed by atoms with Gasteiger partial charge in [0.05, 0.1) is 11.3 Å². The maximum atomic E-state index is 10.3. The molecule has 1 aromatic heterocycles. The maximum Gasteiger partial charge on any atom is 0.231 e. The molecule has 0 bridgehead atoms. The van der Waals surface area contributed by atoms with Gasteiger partial charge in [0, 0.05) is 16.8 Å². The van der Waals surface area contributed by atoms with Gasteiger partial charge in [-0.05, 0) is 67.8 Å². The van der Waals surface area contributed by atoms with Gasteiger partial charge in [0.15, 0.2) is 5.58 Å². The molecule has 1 heterocycles. The molecule has 3 aromatic carbocycles. The molecule has 0 fully saturated rings. The second-order valence-electron chi connectivity index (χ2n) is 6.97. The van der Waals surface area contributed by atoms with Crippen LogP contribution in [-0.4, -0.2) is 21.4 Å². The lowest BCUT2D eigenvalue weighted by Crippen LogP contribution is -1.92. The van der Waals surface area contributed by atoms with Crippen LogP contribution in [-0.2, 0) is 0 Å². The van der Waals surface area contributed by atoms with Crippen molar-refractivity contribution in [1.82, 2.24) is 4.98 Å². The Kier molecular flexibility index (Phi) is 4.76. The first-order valence-electron chi connectivity index (χ1n) is 9.07. The van der Waals surface area contributed by atoms with Crippen LogP contribution >= 0.6 is 11.6 Å². The Morgan fingerprint density at radius 3 is 2.55 bits per heavy atom. The molecule has 0 aliphatic heterocycles. The number of aromatic nitrogens is 1. The summed E-state index contributed by atoms with van der Waals surface area (Å²) in [5, 5.41) is 21.2. The average molecular weight is 407 g/mol. The Hall–Kier alpha value is -3.31. The molecule has 4 aromatic rings. The van der Waals surface area contributed by atoms with Crippen LogP contribution in [0.1, 0.15) is 22.3 Å². The van der Waals surface area contributed by atoms with Crippen molar-refractivity contribution in [1.29, 1.82) is 0 Å². The first-order valence-corrected chi connectivity index (χ1v) is 9.45. The van der Waals surface area contributed by atoms with Gasteiger partial charge in [0.1, 0.15) is 17.0 Å². The summed E-state index contributed by atoms with van der Waals surface area (Å²) >= 11 is 6.29. The van der Waals surface area contributed by atoms with Gasteiger partial charge in [-0.1, -0.05) is 23.7 Å². The lowest BCUT2D eigenvalue weighted by Gasteiger charge is -2.09. The molecule has 0 saturated carbocycles. The fourth-order valence-corrected chi connectivity index (χ4v) is 3.39. The molecular formula is C23H19ClN2O3. The average Bonchev–Trinajstić information content (AvgIpc) is 3.13. The number of para-hydroxylation sites is 1. The fourth-order valence-electron chi connectivity index (χ4n) is 3.23. The normalized spacial score (nSPS) is 11.6. The largest absolute Gasteiger partial charge is 0.507 e. The SMILES string of the molecule is Cc1cc(O)c(C=Nc2ccc(O)c(-c3nc4c(C)cccc4o3)c2)c(C)c1Cl. The van der Waals surface area contributed by atoms with Gasteiger partial charge in [-0.25, -0.2) is 4.98 Å². The second-order valence-corrected chi connectivity index (χ2v) is 7.34. The molecule has 0 aliphatic carbocycles. The van der Waals surface area contributed by atoms with Crippen LogP contribution in [0.3, 0.4) is 0 Å². The lowest BCUT2D eigenvalue weighted by molar-refractivity contribution is 0.473. The smallest absolute Gasteiger partial charge is 0.231 e. The van der Waals surface area contributed by atoms with Crippen molar-refractivity contribution in [3.05, 3.63) is 69.7 Å². The number of oxazole rings is 1. The zero-order valence-electron chi connectivity index (χ0n) is 16.2. The molecule has 29 heavy (non-hydrogen) atoms. The van der Waals surface area contributed by atoms with Gasteiger partial charge < -0.3 is 14.6 Å². The molecule has 0 saturated heterocycles. The number of hydrogen-bond acceptors (Lipinski definition) is 5. The minimum absolute atomic E-state index is 0.0468. The number of aliphatic imine (C=N–C) groups is 1. The van der Waals surface area contributed by atoms with Gasteiger partial charge in [0.25, 0.3) is 0 Å². The summed E-state index contributed by atoms with van der Waals surface area (Å²) in [6, 6.07) is 12.2. The number of rotatable bonds is 3. The van der Waals surface area contributed by atoms with E-state index >= 15 is 0 Å². The molecular weight excluding hydrogens is 388 g/mol. The summed E-state index contributed by atoms with van der Waals surface area (Å²) in [5.41, 5.74) is 5.53. The molecule has 146 valence electrons. The van der Waals surface area contributed by atoms with Crippen LogP contribution in [0.4, 0.5) is 5.69 Å². The van der Waals surface area contributed by atoms with E-state index in [1.54, 1.807) is 30.5 Å². The molecule has 0 atom stereocenters. The van der Waals surface area contributed by atoms with Crippen molar-refractivity contribution in [2.45, 2.75) is 20.8 Å². The molecule has 4 rings (SSSR count). The third-order valence-corrected chi connectivity index (χ3v) is 5.46. The number of fused-ring (bicyclic) bond motifs is 1. The highest BCUT2D eigenvalue weighted by atomic mass is 35.5. The van der Waals surface area contributed by atoms with Crippen LogP contribution in [0.15, 0.2) is 51.9 Å². The quantitative estimate of drug-likeness (QED) is 0.395. The zero-order chi connectivity index (χ0) is 20.7. The molecule has 0 spiro atoms. The summed E-state index contributed by atoms with van der Waals surface area (Å²) in [6.07, 6.45) is 1.56. The van der Waals surface area contributed by atoms with Gasteiger partial charge in [-0.15, -0.1) is 0 Å². The maximum absolute atomic E-state index is 10.3. The number of aromatic hydroxyl groups is 2. The number of phenols is 2. The monoisotopic (exact) mass is 406 g/mol. The molecule has 0 unspecified atom stereocenters. The Balaban J connectivity index is 1.75. The number of hydrogen-bond donors (Lipinski definition) is 2. The summed E-state index contributed by atoms with van der Waals surface area (Å²) in [7, 11) is 0. The van der Waals surface area contributed by atoms with Crippen molar-refractivity contribution in [3.63, 3.8) is 0 Å². The number of aryl methyl sites for hydroxylation is 2. The molecule has 2 N–H and O–H groups in total. The Morgan fingerprint density at radius 1 is 1.00 bits per heavy atom. The highest BCUT2D eigenvalue weighted by Gasteiger charge is 2.14. The summed E-state index contributed by atoms with van der Waals surface area (Å²) in [6.45, 7) is 5.63. The minimum atomic E-state index is 0.0468. The summed E-state index contributed by atoms with van der Waals surface area (Å²) < 4.78 is 5.82. The van der Waals surface area contributed by atoms with E-state index in [0.717, 1.165) is 22.2 Å². The highest BCUT2D eigenvalue weighted by Crippen LogP contribution is 2.35. The lowest BCUT2D eigenvalue weighted by atomic mass is 10.0. The van der Waals surface area contributed by atoms with Crippen molar-refractivity contribution < 1.29 is 14.6 Å². The molecule has 0 amide bonds. The van der Waals surface area contributed by atoms with Gasteiger partial charge in [-0.3, -0.25) is 4.99 Å². The number of phenolic OH excluding ortho intramolecular Hbond substituents is 2. The van der Waals surface area contributed by atoms with E-state index in [0.29, 0.717) is 33.3 Å². The van der Waals surface area contributed by atoms with Crippen LogP contribution < -0.4 is 0 Å². The topological polar surface area (TPSA) is 78.9 Å². The van der Waals surface area contributed by atoms with Crippen molar-refractivity contribution >= 4 is 34.6 Å². The molecule has 0 radical (unpaired) electrons. The van der Waals surface area contributed by atoms with E-state index in [1.807, 2.05) is 39.0 Å². The first kappa shape index (κ1) is 19.0. The highest BCUT2D eigenvalue weighted by molar-refractivity contribution is 6.32. The van der Waals surface area contributed by atoms with Crippen LogP contribution in [0.25, 0.3) is 22.6 Å². The number of halogens is 1. The van der Waals surface area contributed by atoms with Crippen LogP contribution in [0.2, 0.25) is 5.02 Å². The third kappa shape index (κ3) is 3.45. The molecule has 5 nitrogen and oxygen atoms in total. The standard InChI is InChI=1S/C23H19ClN2O3/c1-12-5-4-6-20-22(12)26-23(29-20)16-10-15(7-8-18(16)27)25-11-17-14(3)21(24)13(2)9-19(17)28/h4-11,27-28H,1-3H3. The summed E-state index contributed by atoms with van der Waals surface area (Å²) in [5.74, 6) is 0.480. The van der Waals surface area contributed by atoms with E-state index in [2.05, 4.69) is 9.98 Å². The van der Waals surface area contributed by atoms with Crippen molar-refractivity contribution in [3.8, 4) is 23.0 Å². The van der Waals surface area contributed by atoms with Crippen molar-refractivity contribution in [2.24, 2.45) is 4.99 Å². The first-order chi connectivity index (χ1) is 13.8. The third-order valence-electron chi connectivity index (χ3n) is 4.88. The Morgan fingerprint density at radius 2 is 1.79 bits per heavy atom. The van der Waals surface area contributed by atoms with E-state index < -0.39 is 0 Å². The minimum Gasteiger partial charge on any atom is -0.507 e.